The highest BCUT2D eigenvalue weighted by Gasteiger charge is 2.31. The summed E-state index contributed by atoms with van der Waals surface area (Å²) < 4.78 is 1.13. The van der Waals surface area contributed by atoms with Gasteiger partial charge in [0.25, 0.3) is 5.91 Å². The lowest BCUT2D eigenvalue weighted by molar-refractivity contribution is 0.0734. The molecule has 3 heterocycles. The number of aromatic nitrogens is 2. The van der Waals surface area contributed by atoms with Gasteiger partial charge in [0, 0.05) is 19.3 Å². The Morgan fingerprint density at radius 1 is 1.33 bits per heavy atom. The number of amides is 1. The lowest BCUT2D eigenvalue weighted by atomic mass is 10.00. The molecule has 0 unspecified atom stereocenters. The molecule has 6 heteroatoms. The topological polar surface area (TPSA) is 49.0 Å². The molecule has 1 amide bonds. The molecule has 0 fully saturated rings. The van der Waals surface area contributed by atoms with Crippen molar-refractivity contribution >= 4 is 29.0 Å². The molecule has 3 rings (SSSR count). The quantitative estimate of drug-likeness (QED) is 0.540. The Morgan fingerprint density at radius 3 is 2.88 bits per heavy atom. The molecule has 0 aromatic carbocycles. The molecule has 1 aliphatic rings. The van der Waals surface area contributed by atoms with Crippen LogP contribution in [0.15, 0.2) is 16.5 Å². The first-order valence-electron chi connectivity index (χ1n) is 8.75. The van der Waals surface area contributed by atoms with E-state index in [1.54, 1.807) is 29.3 Å². The summed E-state index contributed by atoms with van der Waals surface area (Å²) in [7, 11) is 0. The third-order valence-electron chi connectivity index (χ3n) is 4.57. The molecule has 0 atom stereocenters. The fraction of sp³-hybridized carbons (Fsp3) is 0.556. The number of H-pyrrole nitrogens is 1. The Kier molecular flexibility index (Phi) is 6.00. The predicted molar refractivity (Wildman–Crippen MR) is 102 cm³/mol. The Labute approximate surface area is 152 Å². The number of hydrogen-bond donors (Lipinski definition) is 1. The van der Waals surface area contributed by atoms with E-state index < -0.39 is 0 Å². The molecule has 0 saturated carbocycles. The number of aromatic amines is 1. The lowest BCUT2D eigenvalue weighted by Gasteiger charge is -2.28. The number of nitrogens with zero attached hydrogens (tertiary/aromatic N) is 2. The lowest BCUT2D eigenvalue weighted by Crippen LogP contribution is -2.38. The fourth-order valence-electron chi connectivity index (χ4n) is 3.27. The average Bonchev–Trinajstić information content (AvgIpc) is 3.23. The molecule has 24 heavy (non-hydrogen) atoms. The highest BCUT2D eigenvalue weighted by Crippen LogP contribution is 2.43. The minimum absolute atomic E-state index is 0.220. The van der Waals surface area contributed by atoms with E-state index in [2.05, 4.69) is 28.3 Å². The second-order valence-electron chi connectivity index (χ2n) is 6.20. The van der Waals surface area contributed by atoms with Crippen molar-refractivity contribution in [3.63, 3.8) is 0 Å². The third kappa shape index (κ3) is 3.54. The van der Waals surface area contributed by atoms with Gasteiger partial charge < -0.3 is 4.90 Å². The first kappa shape index (κ1) is 17.5. The van der Waals surface area contributed by atoms with Gasteiger partial charge >= 0.3 is 0 Å². The van der Waals surface area contributed by atoms with Crippen LogP contribution in [0.2, 0.25) is 0 Å². The highest BCUT2D eigenvalue weighted by atomic mass is 32.2. The van der Waals surface area contributed by atoms with Crippen molar-refractivity contribution in [2.75, 3.05) is 19.3 Å². The summed E-state index contributed by atoms with van der Waals surface area (Å²) in [6.07, 6.45) is 11.0. The second kappa shape index (κ2) is 8.21. The summed E-state index contributed by atoms with van der Waals surface area (Å²) in [6, 6.07) is 1.99. The number of carbonyl (C=O) groups excluding carboxylic acids is 1. The van der Waals surface area contributed by atoms with E-state index in [1.165, 1.54) is 36.1 Å². The number of rotatable bonds is 8. The van der Waals surface area contributed by atoms with Gasteiger partial charge in [0.15, 0.2) is 0 Å². The van der Waals surface area contributed by atoms with Gasteiger partial charge in [-0.2, -0.15) is 5.10 Å². The molecule has 1 N–H and O–H groups in total. The Balaban J connectivity index is 1.75. The zero-order valence-electron chi connectivity index (χ0n) is 14.4. The van der Waals surface area contributed by atoms with E-state index >= 15 is 0 Å². The van der Waals surface area contributed by atoms with E-state index in [0.717, 1.165) is 41.4 Å². The van der Waals surface area contributed by atoms with Crippen molar-refractivity contribution in [3.8, 4) is 10.6 Å². The molecule has 0 saturated heterocycles. The largest absolute Gasteiger partial charge is 0.338 e. The molecule has 2 aromatic heterocycles. The van der Waals surface area contributed by atoms with Crippen molar-refractivity contribution in [1.29, 1.82) is 0 Å². The molecule has 0 radical (unpaired) electrons. The summed E-state index contributed by atoms with van der Waals surface area (Å²) in [5.74, 6) is 0.220. The summed E-state index contributed by atoms with van der Waals surface area (Å²) in [4.78, 5) is 16.2. The first-order chi connectivity index (χ1) is 11.8. The zero-order chi connectivity index (χ0) is 16.9. The minimum atomic E-state index is 0.220. The molecular formula is C18H25N3OS2. The van der Waals surface area contributed by atoms with Crippen LogP contribution >= 0.6 is 23.1 Å². The van der Waals surface area contributed by atoms with E-state index in [1.807, 2.05) is 6.07 Å². The highest BCUT2D eigenvalue weighted by molar-refractivity contribution is 8.00. The van der Waals surface area contributed by atoms with Crippen LogP contribution in [0, 0.1) is 0 Å². The molecule has 2 aromatic rings. The van der Waals surface area contributed by atoms with Gasteiger partial charge in [-0.25, -0.2) is 0 Å². The average molecular weight is 364 g/mol. The molecule has 1 aliphatic heterocycles. The summed E-state index contributed by atoms with van der Waals surface area (Å²) >= 11 is 3.40. The SMILES string of the molecule is CCCCCCCN1CCc2c(-c3ccn[nH]3)sc(SC)c2C1=O. The Hall–Kier alpha value is -1.27. The van der Waals surface area contributed by atoms with Crippen LogP contribution in [0.3, 0.4) is 0 Å². The molecule has 4 nitrogen and oxygen atoms in total. The van der Waals surface area contributed by atoms with Crippen molar-refractivity contribution in [2.45, 2.75) is 49.7 Å². The molecule has 0 aliphatic carbocycles. The zero-order valence-corrected chi connectivity index (χ0v) is 16.1. The number of thioether (sulfide) groups is 1. The van der Waals surface area contributed by atoms with Gasteiger partial charge in [-0.3, -0.25) is 9.89 Å². The van der Waals surface area contributed by atoms with Crippen molar-refractivity contribution in [2.24, 2.45) is 0 Å². The molecule has 0 spiro atoms. The number of nitrogens with one attached hydrogen (secondary N) is 1. The van der Waals surface area contributed by atoms with E-state index in [-0.39, 0.29) is 5.91 Å². The summed E-state index contributed by atoms with van der Waals surface area (Å²) in [6.45, 7) is 3.96. The van der Waals surface area contributed by atoms with E-state index in [0.29, 0.717) is 0 Å². The van der Waals surface area contributed by atoms with Gasteiger partial charge in [-0.05, 0) is 30.7 Å². The number of carbonyl (C=O) groups is 1. The minimum Gasteiger partial charge on any atom is -0.338 e. The molecular weight excluding hydrogens is 338 g/mol. The van der Waals surface area contributed by atoms with Gasteiger partial charge in [0.05, 0.1) is 20.3 Å². The van der Waals surface area contributed by atoms with Crippen molar-refractivity contribution in [3.05, 3.63) is 23.4 Å². The normalized spacial score (nSPS) is 14.2. The fourth-order valence-corrected chi connectivity index (χ4v) is 5.31. The van der Waals surface area contributed by atoms with Crippen LogP contribution in [0.5, 0.6) is 0 Å². The van der Waals surface area contributed by atoms with Gasteiger partial charge in [-0.1, -0.05) is 32.6 Å². The van der Waals surface area contributed by atoms with Gasteiger partial charge in [-0.15, -0.1) is 23.1 Å². The maximum atomic E-state index is 13.0. The monoisotopic (exact) mass is 363 g/mol. The van der Waals surface area contributed by atoms with Crippen molar-refractivity contribution < 1.29 is 4.79 Å². The van der Waals surface area contributed by atoms with Crippen LogP contribution in [0.1, 0.15) is 54.9 Å². The third-order valence-corrected chi connectivity index (χ3v) is 6.95. The predicted octanol–water partition coefficient (Wildman–Crippen LogP) is 4.83. The maximum Gasteiger partial charge on any atom is 0.256 e. The van der Waals surface area contributed by atoms with Crippen LogP contribution in [-0.4, -0.2) is 40.3 Å². The van der Waals surface area contributed by atoms with Crippen LogP contribution < -0.4 is 0 Å². The van der Waals surface area contributed by atoms with Crippen LogP contribution in [0.4, 0.5) is 0 Å². The van der Waals surface area contributed by atoms with Gasteiger partial charge in [0.1, 0.15) is 0 Å². The summed E-state index contributed by atoms with van der Waals surface area (Å²) in [5.41, 5.74) is 3.18. The van der Waals surface area contributed by atoms with Crippen LogP contribution in [-0.2, 0) is 6.42 Å². The Bertz CT molecular complexity index is 679. The standard InChI is InChI=1S/C18H25N3OS2/c1-3-4-5-6-7-11-21-12-9-13-15(17(21)22)18(23-2)24-16(13)14-8-10-19-20-14/h8,10H,3-7,9,11-12H2,1-2H3,(H,19,20). The number of hydrogen-bond acceptors (Lipinski definition) is 4. The smallest absolute Gasteiger partial charge is 0.256 e. The van der Waals surface area contributed by atoms with E-state index in [4.69, 9.17) is 0 Å². The van der Waals surface area contributed by atoms with E-state index in [9.17, 15) is 4.79 Å². The number of unbranched alkanes of at least 4 members (excludes halogenated alkanes) is 4. The second-order valence-corrected chi connectivity index (χ2v) is 8.30. The first-order valence-corrected chi connectivity index (χ1v) is 10.8. The Morgan fingerprint density at radius 2 is 2.17 bits per heavy atom. The molecule has 0 bridgehead atoms. The van der Waals surface area contributed by atoms with Crippen molar-refractivity contribution in [1.82, 2.24) is 15.1 Å². The van der Waals surface area contributed by atoms with Gasteiger partial charge in [0.2, 0.25) is 0 Å². The number of fused-ring (bicyclic) bond motifs is 1. The maximum absolute atomic E-state index is 13.0. The number of thiophene rings is 1. The molecule has 130 valence electrons. The summed E-state index contributed by atoms with van der Waals surface area (Å²) in [5, 5.41) is 7.11. The van der Waals surface area contributed by atoms with Crippen LogP contribution in [0.25, 0.3) is 10.6 Å².